The molecule has 1 aromatic heterocycles. The standard InChI is InChI=1S/C20H19BrClN5O2S/c1-12(23-19(29)15-5-3-4-6-16(15)21)18-25-26-20(27(18)2)30-11-17(28)24-14-9-7-13(22)8-10-14/h3-10,12H,11H2,1-2H3,(H,23,29)(H,24,28)/t12-/m0/s1. The van der Waals surface area contributed by atoms with Gasteiger partial charge >= 0.3 is 0 Å². The molecule has 2 amide bonds. The molecule has 0 bridgehead atoms. The minimum Gasteiger partial charge on any atom is -0.342 e. The Morgan fingerprint density at radius 1 is 1.17 bits per heavy atom. The van der Waals surface area contributed by atoms with Gasteiger partial charge in [0.05, 0.1) is 17.4 Å². The molecule has 1 atom stereocenters. The Morgan fingerprint density at radius 3 is 2.57 bits per heavy atom. The Balaban J connectivity index is 1.58. The first-order valence-electron chi connectivity index (χ1n) is 8.98. The second-order valence-electron chi connectivity index (χ2n) is 6.42. The number of aromatic nitrogens is 3. The van der Waals surface area contributed by atoms with Gasteiger partial charge in [0.2, 0.25) is 5.91 Å². The molecule has 30 heavy (non-hydrogen) atoms. The summed E-state index contributed by atoms with van der Waals surface area (Å²) >= 11 is 10.5. The van der Waals surface area contributed by atoms with Gasteiger partial charge in [0.15, 0.2) is 11.0 Å². The Bertz CT molecular complexity index is 1060. The number of hydrogen-bond acceptors (Lipinski definition) is 5. The summed E-state index contributed by atoms with van der Waals surface area (Å²) in [6.45, 7) is 1.83. The fourth-order valence-corrected chi connectivity index (χ4v) is 3.98. The van der Waals surface area contributed by atoms with Gasteiger partial charge in [0.1, 0.15) is 0 Å². The van der Waals surface area contributed by atoms with Crippen LogP contribution in [0.15, 0.2) is 58.2 Å². The number of carbonyl (C=O) groups excluding carboxylic acids is 2. The summed E-state index contributed by atoms with van der Waals surface area (Å²) in [5, 5.41) is 15.2. The third kappa shape index (κ3) is 5.62. The quantitative estimate of drug-likeness (QED) is 0.460. The zero-order chi connectivity index (χ0) is 21.7. The van der Waals surface area contributed by atoms with Gasteiger partial charge in [-0.3, -0.25) is 9.59 Å². The highest BCUT2D eigenvalue weighted by Crippen LogP contribution is 2.21. The summed E-state index contributed by atoms with van der Waals surface area (Å²) in [6.07, 6.45) is 0. The Kier molecular flexibility index (Phi) is 7.52. The zero-order valence-corrected chi connectivity index (χ0v) is 19.4. The first-order valence-corrected chi connectivity index (χ1v) is 11.1. The molecule has 0 spiro atoms. The van der Waals surface area contributed by atoms with E-state index in [1.807, 2.05) is 19.1 Å². The molecule has 0 saturated carbocycles. The van der Waals surface area contributed by atoms with Crippen molar-refractivity contribution in [3.05, 3.63) is 69.4 Å². The molecular formula is C20H19BrClN5O2S. The number of benzene rings is 2. The number of carbonyl (C=O) groups is 2. The number of rotatable bonds is 7. The van der Waals surface area contributed by atoms with Crippen molar-refractivity contribution in [3.8, 4) is 0 Å². The van der Waals surface area contributed by atoms with E-state index in [9.17, 15) is 9.59 Å². The monoisotopic (exact) mass is 507 g/mol. The van der Waals surface area contributed by atoms with Crippen LogP contribution in [0.2, 0.25) is 5.02 Å². The van der Waals surface area contributed by atoms with E-state index in [1.54, 1.807) is 48.0 Å². The van der Waals surface area contributed by atoms with Crippen LogP contribution in [0.4, 0.5) is 5.69 Å². The summed E-state index contributed by atoms with van der Waals surface area (Å²) < 4.78 is 2.49. The summed E-state index contributed by atoms with van der Waals surface area (Å²) in [6, 6.07) is 13.7. The van der Waals surface area contributed by atoms with Crippen molar-refractivity contribution in [2.75, 3.05) is 11.1 Å². The van der Waals surface area contributed by atoms with Gasteiger partial charge < -0.3 is 15.2 Å². The lowest BCUT2D eigenvalue weighted by molar-refractivity contribution is -0.113. The van der Waals surface area contributed by atoms with E-state index in [2.05, 4.69) is 36.8 Å². The number of thioether (sulfide) groups is 1. The Hall–Kier alpha value is -2.36. The molecule has 7 nitrogen and oxygen atoms in total. The number of nitrogens with one attached hydrogen (secondary N) is 2. The predicted octanol–water partition coefficient (Wildman–Crippen LogP) is 4.45. The molecule has 3 rings (SSSR count). The largest absolute Gasteiger partial charge is 0.342 e. The van der Waals surface area contributed by atoms with Crippen molar-refractivity contribution in [2.24, 2.45) is 7.05 Å². The number of amides is 2. The molecule has 1 heterocycles. The molecular weight excluding hydrogens is 490 g/mol. The average Bonchev–Trinajstić information content (AvgIpc) is 3.09. The van der Waals surface area contributed by atoms with E-state index >= 15 is 0 Å². The number of halogens is 2. The van der Waals surface area contributed by atoms with Crippen molar-refractivity contribution >= 4 is 56.8 Å². The van der Waals surface area contributed by atoms with E-state index in [-0.39, 0.29) is 23.6 Å². The molecule has 0 radical (unpaired) electrons. The van der Waals surface area contributed by atoms with E-state index in [0.717, 1.165) is 4.47 Å². The Labute approximate surface area is 191 Å². The highest BCUT2D eigenvalue weighted by Gasteiger charge is 2.20. The van der Waals surface area contributed by atoms with Crippen molar-refractivity contribution in [3.63, 3.8) is 0 Å². The van der Waals surface area contributed by atoms with Crippen molar-refractivity contribution < 1.29 is 9.59 Å². The van der Waals surface area contributed by atoms with Crippen molar-refractivity contribution in [1.29, 1.82) is 0 Å². The van der Waals surface area contributed by atoms with Gasteiger partial charge in [-0.15, -0.1) is 10.2 Å². The predicted molar refractivity (Wildman–Crippen MR) is 122 cm³/mol. The number of nitrogens with zero attached hydrogens (tertiary/aromatic N) is 3. The van der Waals surface area contributed by atoms with Gasteiger partial charge in [-0.25, -0.2) is 0 Å². The van der Waals surface area contributed by atoms with Gasteiger partial charge in [-0.1, -0.05) is 35.5 Å². The van der Waals surface area contributed by atoms with Crippen LogP contribution in [0.1, 0.15) is 29.1 Å². The van der Waals surface area contributed by atoms with Crippen molar-refractivity contribution in [2.45, 2.75) is 18.1 Å². The van der Waals surface area contributed by atoms with Crippen molar-refractivity contribution in [1.82, 2.24) is 20.1 Å². The lowest BCUT2D eigenvalue weighted by atomic mass is 10.2. The molecule has 0 aliphatic rings. The SMILES string of the molecule is C[C@H](NC(=O)c1ccccc1Br)c1nnc(SCC(=O)Nc2ccc(Cl)cc2)n1C. The van der Waals surface area contributed by atoms with Crippen LogP contribution in [0.25, 0.3) is 0 Å². The zero-order valence-electron chi connectivity index (χ0n) is 16.2. The fraction of sp³-hybridized carbons (Fsp3) is 0.200. The molecule has 0 unspecified atom stereocenters. The van der Waals surface area contributed by atoms with E-state index in [4.69, 9.17) is 11.6 Å². The molecule has 0 fully saturated rings. The highest BCUT2D eigenvalue weighted by molar-refractivity contribution is 9.10. The Morgan fingerprint density at radius 2 is 1.87 bits per heavy atom. The molecule has 10 heteroatoms. The molecule has 0 aliphatic heterocycles. The number of hydrogen-bond donors (Lipinski definition) is 2. The van der Waals surface area contributed by atoms with Gasteiger partial charge in [-0.05, 0) is 59.3 Å². The van der Waals surface area contributed by atoms with Crippen LogP contribution in [0, 0.1) is 0 Å². The second-order valence-corrected chi connectivity index (χ2v) is 8.65. The van der Waals surface area contributed by atoms with E-state index in [0.29, 0.717) is 27.3 Å². The van der Waals surface area contributed by atoms with Crippen LogP contribution >= 0.6 is 39.3 Å². The molecule has 3 aromatic rings. The van der Waals surface area contributed by atoms with Crippen LogP contribution in [-0.2, 0) is 11.8 Å². The molecule has 2 N–H and O–H groups in total. The van der Waals surface area contributed by atoms with E-state index in [1.165, 1.54) is 11.8 Å². The third-order valence-electron chi connectivity index (χ3n) is 4.18. The summed E-state index contributed by atoms with van der Waals surface area (Å²) in [4.78, 5) is 24.7. The van der Waals surface area contributed by atoms with Crippen LogP contribution in [0.3, 0.4) is 0 Å². The number of anilines is 1. The lowest BCUT2D eigenvalue weighted by Gasteiger charge is -2.14. The first kappa shape index (κ1) is 22.3. The smallest absolute Gasteiger partial charge is 0.253 e. The highest BCUT2D eigenvalue weighted by atomic mass is 79.9. The summed E-state index contributed by atoms with van der Waals surface area (Å²) in [5.41, 5.74) is 1.21. The minimum atomic E-state index is -0.362. The second kappa shape index (κ2) is 10.1. The summed E-state index contributed by atoms with van der Waals surface area (Å²) in [5.74, 6) is 0.388. The maximum atomic E-state index is 12.5. The van der Waals surface area contributed by atoms with Gasteiger partial charge in [0.25, 0.3) is 5.91 Å². The third-order valence-corrected chi connectivity index (χ3v) is 6.15. The van der Waals surface area contributed by atoms with Crippen LogP contribution in [0.5, 0.6) is 0 Å². The molecule has 2 aromatic carbocycles. The summed E-state index contributed by atoms with van der Waals surface area (Å²) in [7, 11) is 1.80. The molecule has 0 saturated heterocycles. The van der Waals surface area contributed by atoms with E-state index < -0.39 is 0 Å². The first-order chi connectivity index (χ1) is 14.3. The normalized spacial score (nSPS) is 11.7. The maximum absolute atomic E-state index is 12.5. The maximum Gasteiger partial charge on any atom is 0.253 e. The fourth-order valence-electron chi connectivity index (χ4n) is 2.67. The van der Waals surface area contributed by atoms with Crippen LogP contribution < -0.4 is 10.6 Å². The lowest BCUT2D eigenvalue weighted by Crippen LogP contribution is -2.28. The van der Waals surface area contributed by atoms with Gasteiger partial charge in [-0.2, -0.15) is 0 Å². The molecule has 0 aliphatic carbocycles. The molecule has 156 valence electrons. The van der Waals surface area contributed by atoms with Crippen LogP contribution in [-0.4, -0.2) is 32.3 Å². The average molecular weight is 509 g/mol. The van der Waals surface area contributed by atoms with Gasteiger partial charge in [0, 0.05) is 22.2 Å². The minimum absolute atomic E-state index is 0.165. The topological polar surface area (TPSA) is 88.9 Å².